The Labute approximate surface area is 150 Å². The maximum Gasteiger partial charge on any atom is 0.270 e. The van der Waals surface area contributed by atoms with E-state index in [2.05, 4.69) is 4.90 Å². The lowest BCUT2D eigenvalue weighted by Gasteiger charge is -2.38. The molecular weight excluding hydrogens is 338 g/mol. The van der Waals surface area contributed by atoms with Gasteiger partial charge in [-0.05, 0) is 18.2 Å². The molecule has 0 atom stereocenters. The number of carbonyl (C=O) groups is 1. The second-order valence-electron chi connectivity index (χ2n) is 5.89. The molecule has 2 aromatic rings. The molecule has 8 nitrogen and oxygen atoms in total. The maximum absolute atomic E-state index is 11.4. The molecule has 1 aliphatic rings. The Morgan fingerprint density at radius 3 is 2.23 bits per heavy atom. The molecule has 0 N–H and O–H groups in total. The van der Waals surface area contributed by atoms with Crippen molar-refractivity contribution in [2.45, 2.75) is 0 Å². The third-order valence-corrected chi connectivity index (χ3v) is 4.46. The number of para-hydroxylation sites is 2. The van der Waals surface area contributed by atoms with Gasteiger partial charge in [0.25, 0.3) is 5.69 Å². The fraction of sp³-hybridized carbons (Fsp3) is 0.278. The predicted octanol–water partition coefficient (Wildman–Crippen LogP) is 1.29. The number of nitro groups is 1. The Balaban J connectivity index is 1.80. The van der Waals surface area contributed by atoms with Crippen molar-refractivity contribution in [1.82, 2.24) is 0 Å². The Kier molecular flexibility index (Phi) is 4.92. The van der Waals surface area contributed by atoms with E-state index < -0.39 is 10.9 Å². The van der Waals surface area contributed by atoms with E-state index in [9.17, 15) is 20.0 Å². The van der Waals surface area contributed by atoms with E-state index in [1.165, 1.54) is 12.1 Å². The number of non-ortho nitro benzene ring substituents is 1. The lowest BCUT2D eigenvalue weighted by molar-refractivity contribution is -0.385. The van der Waals surface area contributed by atoms with Crippen LogP contribution in [-0.2, 0) is 0 Å². The number of methoxy groups -OCH3 is 1. The molecule has 1 saturated heterocycles. The lowest BCUT2D eigenvalue weighted by atomic mass is 10.1. The van der Waals surface area contributed by atoms with Crippen molar-refractivity contribution in [2.24, 2.45) is 0 Å². The van der Waals surface area contributed by atoms with Crippen molar-refractivity contribution in [1.29, 1.82) is 0 Å². The first-order valence-corrected chi connectivity index (χ1v) is 8.14. The van der Waals surface area contributed by atoms with Crippen LogP contribution >= 0.6 is 0 Å². The van der Waals surface area contributed by atoms with Gasteiger partial charge in [0.05, 0.1) is 23.7 Å². The molecule has 1 heterocycles. The highest BCUT2D eigenvalue weighted by atomic mass is 16.6. The first-order chi connectivity index (χ1) is 12.5. The number of benzene rings is 2. The quantitative estimate of drug-likeness (QED) is 0.588. The molecule has 26 heavy (non-hydrogen) atoms. The molecule has 0 aromatic heterocycles. The summed E-state index contributed by atoms with van der Waals surface area (Å²) in [5, 5.41) is 22.3. The van der Waals surface area contributed by atoms with Crippen LogP contribution in [0.4, 0.5) is 17.1 Å². The number of hydrogen-bond donors (Lipinski definition) is 0. The van der Waals surface area contributed by atoms with Crippen LogP contribution in [0.25, 0.3) is 0 Å². The zero-order valence-corrected chi connectivity index (χ0v) is 14.3. The number of anilines is 2. The molecule has 0 bridgehead atoms. The second kappa shape index (κ2) is 7.30. The molecule has 0 unspecified atom stereocenters. The van der Waals surface area contributed by atoms with Crippen molar-refractivity contribution >= 4 is 23.0 Å². The monoisotopic (exact) mass is 356 g/mol. The summed E-state index contributed by atoms with van der Waals surface area (Å²) in [5.74, 6) is -0.637. The van der Waals surface area contributed by atoms with Crippen LogP contribution in [0.1, 0.15) is 10.4 Å². The summed E-state index contributed by atoms with van der Waals surface area (Å²) >= 11 is 0. The van der Waals surface area contributed by atoms with Gasteiger partial charge in [0, 0.05) is 49.6 Å². The summed E-state index contributed by atoms with van der Waals surface area (Å²) in [6.07, 6.45) is 0. The average molecular weight is 356 g/mol. The van der Waals surface area contributed by atoms with Gasteiger partial charge in [-0.25, -0.2) is 0 Å². The number of nitro benzene ring substituents is 1. The lowest BCUT2D eigenvalue weighted by Crippen LogP contribution is -2.47. The molecule has 0 amide bonds. The Morgan fingerprint density at radius 2 is 1.65 bits per heavy atom. The van der Waals surface area contributed by atoms with Crippen LogP contribution in [0.3, 0.4) is 0 Å². The van der Waals surface area contributed by atoms with Crippen LogP contribution in [0, 0.1) is 10.1 Å². The highest BCUT2D eigenvalue weighted by Crippen LogP contribution is 2.30. The Bertz CT molecular complexity index is 831. The van der Waals surface area contributed by atoms with Gasteiger partial charge in [-0.3, -0.25) is 10.1 Å². The van der Waals surface area contributed by atoms with Crippen molar-refractivity contribution < 1.29 is 19.6 Å². The molecule has 0 aliphatic carbocycles. The fourth-order valence-electron chi connectivity index (χ4n) is 3.16. The fourth-order valence-corrected chi connectivity index (χ4v) is 3.16. The topological polar surface area (TPSA) is 99.0 Å². The normalized spacial score (nSPS) is 14.2. The number of hydrogen-bond acceptors (Lipinski definition) is 7. The molecule has 3 rings (SSSR count). The van der Waals surface area contributed by atoms with Gasteiger partial charge < -0.3 is 24.4 Å². The van der Waals surface area contributed by atoms with Gasteiger partial charge in [0.2, 0.25) is 0 Å². The molecule has 8 heteroatoms. The SMILES string of the molecule is COc1ccccc1N1CCN(c2ccc([N+](=O)[O-])cc2C(=O)[O-])CC1. The van der Waals surface area contributed by atoms with Crippen molar-refractivity contribution in [3.8, 4) is 5.75 Å². The minimum absolute atomic E-state index is 0.162. The van der Waals surface area contributed by atoms with E-state index in [-0.39, 0.29) is 11.3 Å². The molecule has 136 valence electrons. The number of piperazine rings is 1. The molecule has 0 spiro atoms. The van der Waals surface area contributed by atoms with Crippen molar-refractivity contribution in [2.75, 3.05) is 43.1 Å². The van der Waals surface area contributed by atoms with Crippen LogP contribution in [0.5, 0.6) is 5.75 Å². The third-order valence-electron chi connectivity index (χ3n) is 4.46. The maximum atomic E-state index is 11.4. The van der Waals surface area contributed by atoms with E-state index >= 15 is 0 Å². The van der Waals surface area contributed by atoms with E-state index in [1.54, 1.807) is 7.11 Å². The van der Waals surface area contributed by atoms with Crippen molar-refractivity contribution in [3.05, 3.63) is 58.1 Å². The molecule has 1 fully saturated rings. The molecule has 2 aromatic carbocycles. The standard InChI is InChI=1S/C18H19N3O5/c1-26-17-5-3-2-4-16(17)20-10-8-19(9-11-20)15-7-6-13(21(24)25)12-14(15)18(22)23/h2-7,12H,8-11H2,1H3,(H,22,23)/p-1. The molecular formula is C18H18N3O5-. The van der Waals surface area contributed by atoms with E-state index in [4.69, 9.17) is 4.74 Å². The third kappa shape index (κ3) is 3.39. The smallest absolute Gasteiger partial charge is 0.270 e. The Hall–Kier alpha value is -3.29. The van der Waals surface area contributed by atoms with Gasteiger partial charge in [0.15, 0.2) is 0 Å². The summed E-state index contributed by atoms with van der Waals surface area (Å²) in [7, 11) is 1.62. The number of carboxylic acids is 1. The second-order valence-corrected chi connectivity index (χ2v) is 5.89. The van der Waals surface area contributed by atoms with Gasteiger partial charge in [0.1, 0.15) is 5.75 Å². The molecule has 0 saturated carbocycles. The van der Waals surface area contributed by atoms with Gasteiger partial charge in [-0.15, -0.1) is 0 Å². The van der Waals surface area contributed by atoms with Crippen LogP contribution in [0.15, 0.2) is 42.5 Å². The van der Waals surface area contributed by atoms with Crippen LogP contribution in [-0.4, -0.2) is 44.2 Å². The summed E-state index contributed by atoms with van der Waals surface area (Å²) in [6, 6.07) is 11.6. The number of aromatic carboxylic acids is 1. The summed E-state index contributed by atoms with van der Waals surface area (Å²) in [6.45, 7) is 2.50. The summed E-state index contributed by atoms with van der Waals surface area (Å²) in [4.78, 5) is 25.8. The zero-order valence-electron chi connectivity index (χ0n) is 14.3. The average Bonchev–Trinajstić information content (AvgIpc) is 2.67. The summed E-state index contributed by atoms with van der Waals surface area (Å²) < 4.78 is 5.39. The Morgan fingerprint density at radius 1 is 1.04 bits per heavy atom. The first kappa shape index (κ1) is 17.5. The largest absolute Gasteiger partial charge is 0.545 e. The van der Waals surface area contributed by atoms with E-state index in [0.717, 1.165) is 17.5 Å². The van der Waals surface area contributed by atoms with E-state index in [1.807, 2.05) is 29.2 Å². The highest BCUT2D eigenvalue weighted by molar-refractivity contribution is 5.94. The minimum atomic E-state index is -1.42. The van der Waals surface area contributed by atoms with Crippen molar-refractivity contribution in [3.63, 3.8) is 0 Å². The number of rotatable bonds is 5. The number of carboxylic acid groups (broad SMARTS) is 1. The first-order valence-electron chi connectivity index (χ1n) is 8.14. The van der Waals surface area contributed by atoms with E-state index in [0.29, 0.717) is 31.9 Å². The van der Waals surface area contributed by atoms with Gasteiger partial charge >= 0.3 is 0 Å². The molecule has 0 radical (unpaired) electrons. The van der Waals surface area contributed by atoms with Crippen LogP contribution < -0.4 is 19.6 Å². The summed E-state index contributed by atoms with van der Waals surface area (Å²) in [5.41, 5.74) is 0.999. The number of nitrogens with zero attached hydrogens (tertiary/aromatic N) is 3. The van der Waals surface area contributed by atoms with Gasteiger partial charge in [-0.1, -0.05) is 12.1 Å². The van der Waals surface area contributed by atoms with Crippen LogP contribution in [0.2, 0.25) is 0 Å². The number of ether oxygens (including phenoxy) is 1. The predicted molar refractivity (Wildman–Crippen MR) is 94.8 cm³/mol. The van der Waals surface area contributed by atoms with Gasteiger partial charge in [-0.2, -0.15) is 0 Å². The highest BCUT2D eigenvalue weighted by Gasteiger charge is 2.22. The number of carbonyl (C=O) groups excluding carboxylic acids is 1. The molecule has 1 aliphatic heterocycles. The zero-order chi connectivity index (χ0) is 18.7. The minimum Gasteiger partial charge on any atom is -0.545 e.